The minimum absolute atomic E-state index is 0.0342. The maximum atomic E-state index is 12.1. The fourth-order valence-electron chi connectivity index (χ4n) is 2.59. The Morgan fingerprint density at radius 1 is 0.875 bits per heavy atom. The molecule has 0 unspecified atom stereocenters. The van der Waals surface area contributed by atoms with Crippen molar-refractivity contribution in [2.75, 3.05) is 17.2 Å². The van der Waals surface area contributed by atoms with Crippen LogP contribution in [-0.2, 0) is 4.79 Å². The Balaban J connectivity index is 1.66. The number of nitrogens with one attached hydrogen (secondary N) is 2. The Bertz CT molecular complexity index is 903. The summed E-state index contributed by atoms with van der Waals surface area (Å²) in [5.74, 6) is -0.198. The lowest BCUT2D eigenvalue weighted by molar-refractivity contribution is -0.114. The molecule has 1 amide bonds. The number of ketones is 1. The van der Waals surface area contributed by atoms with Crippen LogP contribution in [0.3, 0.4) is 0 Å². The predicted octanol–water partition coefficient (Wildman–Crippen LogP) is 4.09. The van der Waals surface area contributed by atoms with Crippen molar-refractivity contribution in [2.45, 2.75) is 6.92 Å². The van der Waals surface area contributed by atoms with Crippen molar-refractivity contribution in [3.63, 3.8) is 0 Å². The summed E-state index contributed by atoms with van der Waals surface area (Å²) >= 11 is 0. The zero-order chi connectivity index (χ0) is 16.9. The summed E-state index contributed by atoms with van der Waals surface area (Å²) in [7, 11) is 0. The largest absolute Gasteiger partial charge is 0.376 e. The van der Waals surface area contributed by atoms with E-state index in [1.54, 1.807) is 18.2 Å². The normalized spacial score (nSPS) is 10.4. The van der Waals surface area contributed by atoms with E-state index in [2.05, 4.69) is 10.6 Å². The van der Waals surface area contributed by atoms with E-state index in [0.717, 1.165) is 16.5 Å². The van der Waals surface area contributed by atoms with Crippen molar-refractivity contribution in [3.8, 4) is 0 Å². The minimum atomic E-state index is -0.163. The van der Waals surface area contributed by atoms with Crippen LogP contribution in [0.1, 0.15) is 17.3 Å². The van der Waals surface area contributed by atoms with Crippen LogP contribution in [0.25, 0.3) is 10.8 Å². The van der Waals surface area contributed by atoms with Gasteiger partial charge in [0, 0.05) is 16.9 Å². The lowest BCUT2D eigenvalue weighted by atomic mass is 10.1. The SMILES string of the molecule is CC(=O)c1ccccc1NCC(=O)Nc1ccc2ccccc2c1. The summed E-state index contributed by atoms with van der Waals surface area (Å²) in [6, 6.07) is 20.9. The topological polar surface area (TPSA) is 58.2 Å². The molecule has 0 atom stereocenters. The lowest BCUT2D eigenvalue weighted by Gasteiger charge is -2.11. The quantitative estimate of drug-likeness (QED) is 0.697. The Hall–Kier alpha value is -3.14. The van der Waals surface area contributed by atoms with Gasteiger partial charge in [0.15, 0.2) is 5.78 Å². The van der Waals surface area contributed by atoms with Crippen LogP contribution in [-0.4, -0.2) is 18.2 Å². The average molecular weight is 318 g/mol. The molecule has 0 aliphatic carbocycles. The Kier molecular flexibility index (Phi) is 4.57. The number of Topliss-reactive ketones (excluding diaryl/α,β-unsaturated/α-hetero) is 1. The number of benzene rings is 3. The molecule has 3 rings (SSSR count). The molecule has 4 nitrogen and oxygen atoms in total. The predicted molar refractivity (Wildman–Crippen MR) is 97.5 cm³/mol. The van der Waals surface area contributed by atoms with Gasteiger partial charge in [0.05, 0.1) is 6.54 Å². The van der Waals surface area contributed by atoms with Crippen molar-refractivity contribution in [3.05, 3.63) is 72.3 Å². The van der Waals surface area contributed by atoms with Gasteiger partial charge in [-0.05, 0) is 42.0 Å². The molecule has 0 bridgehead atoms. The van der Waals surface area contributed by atoms with Gasteiger partial charge in [-0.15, -0.1) is 0 Å². The standard InChI is InChI=1S/C20H18N2O2/c1-14(23)18-8-4-5-9-19(18)21-13-20(24)22-17-11-10-15-6-2-3-7-16(15)12-17/h2-12,21H,13H2,1H3,(H,22,24). The van der Waals surface area contributed by atoms with Crippen molar-refractivity contribution >= 4 is 33.8 Å². The molecule has 120 valence electrons. The van der Waals surface area contributed by atoms with Crippen molar-refractivity contribution < 1.29 is 9.59 Å². The van der Waals surface area contributed by atoms with Crippen molar-refractivity contribution in [2.24, 2.45) is 0 Å². The molecule has 24 heavy (non-hydrogen) atoms. The second-order valence-electron chi connectivity index (χ2n) is 5.57. The van der Waals surface area contributed by atoms with Gasteiger partial charge >= 0.3 is 0 Å². The number of carbonyl (C=O) groups is 2. The molecule has 0 fully saturated rings. The smallest absolute Gasteiger partial charge is 0.243 e. The second kappa shape index (κ2) is 6.96. The number of anilines is 2. The molecular weight excluding hydrogens is 300 g/mol. The number of hydrogen-bond acceptors (Lipinski definition) is 3. The molecule has 0 saturated heterocycles. The Labute approximate surface area is 140 Å². The molecule has 0 saturated carbocycles. The zero-order valence-electron chi connectivity index (χ0n) is 13.4. The first kappa shape index (κ1) is 15.7. The molecule has 4 heteroatoms. The van der Waals surface area contributed by atoms with Gasteiger partial charge in [-0.3, -0.25) is 9.59 Å². The summed E-state index contributed by atoms with van der Waals surface area (Å²) in [5.41, 5.74) is 2.00. The zero-order valence-corrected chi connectivity index (χ0v) is 13.4. The number of carbonyl (C=O) groups excluding carboxylic acids is 2. The number of rotatable bonds is 5. The molecule has 0 aromatic heterocycles. The van der Waals surface area contributed by atoms with E-state index in [4.69, 9.17) is 0 Å². The van der Waals surface area contributed by atoms with Crippen LogP contribution in [0.2, 0.25) is 0 Å². The summed E-state index contributed by atoms with van der Waals surface area (Å²) in [4.78, 5) is 23.7. The number of fused-ring (bicyclic) bond motifs is 1. The first-order valence-corrected chi connectivity index (χ1v) is 7.76. The van der Waals surface area contributed by atoms with Gasteiger partial charge in [0.1, 0.15) is 0 Å². The monoisotopic (exact) mass is 318 g/mol. The highest BCUT2D eigenvalue weighted by atomic mass is 16.2. The summed E-state index contributed by atoms with van der Waals surface area (Å²) in [6.45, 7) is 1.60. The molecule has 3 aromatic rings. The number of para-hydroxylation sites is 1. The van der Waals surface area contributed by atoms with Gasteiger partial charge in [-0.25, -0.2) is 0 Å². The minimum Gasteiger partial charge on any atom is -0.376 e. The van der Waals surface area contributed by atoms with Gasteiger partial charge in [-0.2, -0.15) is 0 Å². The van der Waals surface area contributed by atoms with E-state index in [-0.39, 0.29) is 18.2 Å². The fraction of sp³-hybridized carbons (Fsp3) is 0.100. The maximum absolute atomic E-state index is 12.1. The number of amides is 1. The van der Waals surface area contributed by atoms with E-state index >= 15 is 0 Å². The second-order valence-corrected chi connectivity index (χ2v) is 5.57. The van der Waals surface area contributed by atoms with Crippen LogP contribution in [0.5, 0.6) is 0 Å². The molecule has 2 N–H and O–H groups in total. The Morgan fingerprint density at radius 3 is 2.38 bits per heavy atom. The van der Waals surface area contributed by atoms with Crippen LogP contribution in [0, 0.1) is 0 Å². The molecule has 0 spiro atoms. The van der Waals surface area contributed by atoms with Gasteiger partial charge in [0.25, 0.3) is 0 Å². The first-order chi connectivity index (χ1) is 11.6. The molecule has 0 aliphatic heterocycles. The van der Waals surface area contributed by atoms with E-state index in [1.165, 1.54) is 6.92 Å². The molecule has 3 aromatic carbocycles. The summed E-state index contributed by atoms with van der Waals surface area (Å²) in [5, 5.41) is 8.09. The van der Waals surface area contributed by atoms with Crippen LogP contribution >= 0.6 is 0 Å². The third-order valence-corrected chi connectivity index (χ3v) is 3.78. The molecule has 0 aliphatic rings. The van der Waals surface area contributed by atoms with E-state index in [0.29, 0.717) is 11.3 Å². The van der Waals surface area contributed by atoms with E-state index in [1.807, 2.05) is 48.5 Å². The highest BCUT2D eigenvalue weighted by Crippen LogP contribution is 2.19. The van der Waals surface area contributed by atoms with Crippen molar-refractivity contribution in [1.29, 1.82) is 0 Å². The van der Waals surface area contributed by atoms with E-state index in [9.17, 15) is 9.59 Å². The van der Waals surface area contributed by atoms with Crippen LogP contribution in [0.4, 0.5) is 11.4 Å². The van der Waals surface area contributed by atoms with E-state index < -0.39 is 0 Å². The summed E-state index contributed by atoms with van der Waals surface area (Å²) in [6.07, 6.45) is 0. The highest BCUT2D eigenvalue weighted by Gasteiger charge is 2.08. The molecular formula is C20H18N2O2. The van der Waals surface area contributed by atoms with Gasteiger partial charge < -0.3 is 10.6 Å². The van der Waals surface area contributed by atoms with Crippen LogP contribution in [0.15, 0.2) is 66.7 Å². The van der Waals surface area contributed by atoms with Gasteiger partial charge in [-0.1, -0.05) is 42.5 Å². The van der Waals surface area contributed by atoms with Gasteiger partial charge in [0.2, 0.25) is 5.91 Å². The average Bonchev–Trinajstić information content (AvgIpc) is 2.60. The highest BCUT2D eigenvalue weighted by molar-refractivity contribution is 6.01. The number of hydrogen-bond donors (Lipinski definition) is 2. The summed E-state index contributed by atoms with van der Waals surface area (Å²) < 4.78 is 0. The maximum Gasteiger partial charge on any atom is 0.243 e. The third kappa shape index (κ3) is 3.60. The van der Waals surface area contributed by atoms with Crippen molar-refractivity contribution in [1.82, 2.24) is 0 Å². The van der Waals surface area contributed by atoms with Crippen LogP contribution < -0.4 is 10.6 Å². The lowest BCUT2D eigenvalue weighted by Crippen LogP contribution is -2.22. The molecule has 0 radical (unpaired) electrons. The molecule has 0 heterocycles. The Morgan fingerprint density at radius 2 is 1.58 bits per heavy atom. The fourth-order valence-corrected chi connectivity index (χ4v) is 2.59. The first-order valence-electron chi connectivity index (χ1n) is 7.76. The third-order valence-electron chi connectivity index (χ3n) is 3.78.